The lowest BCUT2D eigenvalue weighted by atomic mass is 9.80. The van der Waals surface area contributed by atoms with E-state index in [9.17, 15) is 9.90 Å². The minimum Gasteiger partial charge on any atom is -0.392 e. The number of carbonyl (C=O) groups excluding carboxylic acids is 1. The average Bonchev–Trinajstić information content (AvgIpc) is 2.49. The highest BCUT2D eigenvalue weighted by Crippen LogP contribution is 2.29. The lowest BCUT2D eigenvalue weighted by Crippen LogP contribution is -2.59. The molecule has 1 aliphatic rings. The van der Waals surface area contributed by atoms with E-state index in [4.69, 9.17) is 5.73 Å². The molecule has 0 spiro atoms. The van der Waals surface area contributed by atoms with Crippen molar-refractivity contribution in [2.75, 3.05) is 32.7 Å². The topological polar surface area (TPSA) is 69.8 Å². The molecule has 2 atom stereocenters. The molecule has 1 saturated heterocycles. The standard InChI is InChI=1S/C16H33N3O2.2ClH/c1-5-14-11-19(9-8-18(14)10-13(4)20)15(21)16(6-2,7-3)12-17;;/h13-14,20H,5-12,17H2,1-4H3;2*1H. The van der Waals surface area contributed by atoms with Crippen LogP contribution in [-0.4, -0.2) is 65.7 Å². The fourth-order valence-corrected chi connectivity index (χ4v) is 3.31. The molecule has 3 N–H and O–H groups in total. The Labute approximate surface area is 153 Å². The van der Waals surface area contributed by atoms with Crippen LogP contribution in [0.25, 0.3) is 0 Å². The van der Waals surface area contributed by atoms with E-state index in [1.807, 2.05) is 11.8 Å². The molecule has 0 radical (unpaired) electrons. The van der Waals surface area contributed by atoms with Gasteiger partial charge in [0, 0.05) is 38.8 Å². The smallest absolute Gasteiger partial charge is 0.230 e. The summed E-state index contributed by atoms with van der Waals surface area (Å²) in [7, 11) is 0. The van der Waals surface area contributed by atoms with Gasteiger partial charge in [-0.3, -0.25) is 9.69 Å². The first kappa shape index (κ1) is 25.2. The second kappa shape index (κ2) is 11.5. The molecule has 0 aromatic heterocycles. The summed E-state index contributed by atoms with van der Waals surface area (Å²) in [5.74, 6) is 0.213. The van der Waals surface area contributed by atoms with E-state index in [1.165, 1.54) is 0 Å². The van der Waals surface area contributed by atoms with Crippen molar-refractivity contribution in [3.8, 4) is 0 Å². The number of amides is 1. The van der Waals surface area contributed by atoms with Crippen LogP contribution >= 0.6 is 24.8 Å². The first-order chi connectivity index (χ1) is 9.93. The minimum atomic E-state index is -0.398. The van der Waals surface area contributed by atoms with Crippen molar-refractivity contribution in [2.24, 2.45) is 11.1 Å². The molecular weight excluding hydrogens is 337 g/mol. The molecule has 1 aliphatic heterocycles. The third-order valence-corrected chi connectivity index (χ3v) is 5.06. The van der Waals surface area contributed by atoms with Crippen LogP contribution in [-0.2, 0) is 4.79 Å². The largest absolute Gasteiger partial charge is 0.392 e. The molecule has 0 aromatic rings. The maximum absolute atomic E-state index is 12.9. The van der Waals surface area contributed by atoms with Crippen molar-refractivity contribution in [3.63, 3.8) is 0 Å². The van der Waals surface area contributed by atoms with Crippen molar-refractivity contribution in [2.45, 2.75) is 59.1 Å². The average molecular weight is 372 g/mol. The highest BCUT2D eigenvalue weighted by Gasteiger charge is 2.39. The number of hydrogen-bond acceptors (Lipinski definition) is 4. The van der Waals surface area contributed by atoms with Crippen LogP contribution in [0.5, 0.6) is 0 Å². The molecule has 7 heteroatoms. The van der Waals surface area contributed by atoms with Gasteiger partial charge in [0.05, 0.1) is 11.5 Å². The number of nitrogens with two attached hydrogens (primary N) is 1. The predicted molar refractivity (Wildman–Crippen MR) is 100 cm³/mol. The van der Waals surface area contributed by atoms with Crippen molar-refractivity contribution in [3.05, 3.63) is 0 Å². The summed E-state index contributed by atoms with van der Waals surface area (Å²) in [6, 6.07) is 0.335. The third-order valence-electron chi connectivity index (χ3n) is 5.06. The number of aliphatic hydroxyl groups excluding tert-OH is 1. The molecule has 2 unspecified atom stereocenters. The Balaban J connectivity index is 0. The molecule has 0 bridgehead atoms. The Morgan fingerprint density at radius 2 is 1.83 bits per heavy atom. The third kappa shape index (κ3) is 6.05. The van der Waals surface area contributed by atoms with Gasteiger partial charge in [-0.1, -0.05) is 20.8 Å². The van der Waals surface area contributed by atoms with E-state index >= 15 is 0 Å². The molecule has 0 aliphatic carbocycles. The number of hydrogen-bond donors (Lipinski definition) is 2. The van der Waals surface area contributed by atoms with Crippen LogP contribution in [0.15, 0.2) is 0 Å². The zero-order valence-corrected chi connectivity index (χ0v) is 16.6. The number of carbonyl (C=O) groups is 1. The van der Waals surface area contributed by atoms with Gasteiger partial charge in [-0.2, -0.15) is 0 Å². The summed E-state index contributed by atoms with van der Waals surface area (Å²) in [4.78, 5) is 17.2. The number of aliphatic hydroxyl groups is 1. The van der Waals surface area contributed by atoms with Crippen molar-refractivity contribution >= 4 is 30.7 Å². The lowest BCUT2D eigenvalue weighted by Gasteiger charge is -2.44. The monoisotopic (exact) mass is 371 g/mol. The fourth-order valence-electron chi connectivity index (χ4n) is 3.31. The van der Waals surface area contributed by atoms with Crippen molar-refractivity contribution < 1.29 is 9.90 Å². The van der Waals surface area contributed by atoms with Crippen LogP contribution in [0.1, 0.15) is 47.0 Å². The number of rotatable bonds is 7. The first-order valence-corrected chi connectivity index (χ1v) is 8.35. The summed E-state index contributed by atoms with van der Waals surface area (Å²) in [5.41, 5.74) is 5.51. The van der Waals surface area contributed by atoms with Crippen LogP contribution in [0.4, 0.5) is 0 Å². The van der Waals surface area contributed by atoms with E-state index in [0.29, 0.717) is 19.1 Å². The number of piperazine rings is 1. The fraction of sp³-hybridized carbons (Fsp3) is 0.938. The lowest BCUT2D eigenvalue weighted by molar-refractivity contribution is -0.145. The number of β-amino-alcohol motifs (C(OH)–C–C–N with tert-alkyl or cyclic N) is 1. The Morgan fingerprint density at radius 3 is 2.22 bits per heavy atom. The van der Waals surface area contributed by atoms with Gasteiger partial charge < -0.3 is 15.7 Å². The summed E-state index contributed by atoms with van der Waals surface area (Å²) in [6.07, 6.45) is 2.26. The second-order valence-corrected chi connectivity index (χ2v) is 6.35. The zero-order valence-electron chi connectivity index (χ0n) is 15.0. The van der Waals surface area contributed by atoms with Gasteiger partial charge in [-0.15, -0.1) is 24.8 Å². The Hall–Kier alpha value is -0.0700. The van der Waals surface area contributed by atoms with Crippen LogP contribution in [0, 0.1) is 5.41 Å². The second-order valence-electron chi connectivity index (χ2n) is 6.35. The SMILES string of the molecule is CCC1CN(C(=O)C(CC)(CC)CN)CCN1CC(C)O.Cl.Cl. The molecular formula is C16H35Cl2N3O2. The quantitative estimate of drug-likeness (QED) is 0.716. The molecule has 1 heterocycles. The molecule has 140 valence electrons. The van der Waals surface area contributed by atoms with Gasteiger partial charge >= 0.3 is 0 Å². The molecule has 1 amide bonds. The first-order valence-electron chi connectivity index (χ1n) is 8.35. The van der Waals surface area contributed by atoms with Crippen molar-refractivity contribution in [1.82, 2.24) is 9.80 Å². The number of halogens is 2. The van der Waals surface area contributed by atoms with Gasteiger partial charge in [0.2, 0.25) is 5.91 Å². The summed E-state index contributed by atoms with van der Waals surface area (Å²) in [5, 5.41) is 9.60. The molecule has 1 rings (SSSR count). The Kier molecular flexibility index (Phi) is 12.6. The normalized spacial score (nSPS) is 20.4. The maximum Gasteiger partial charge on any atom is 0.230 e. The minimum absolute atomic E-state index is 0. The summed E-state index contributed by atoms with van der Waals surface area (Å²) < 4.78 is 0. The summed E-state index contributed by atoms with van der Waals surface area (Å²) >= 11 is 0. The van der Waals surface area contributed by atoms with Crippen LogP contribution in [0.3, 0.4) is 0 Å². The zero-order chi connectivity index (χ0) is 16.0. The van der Waals surface area contributed by atoms with Gasteiger partial charge in [0.1, 0.15) is 0 Å². The van der Waals surface area contributed by atoms with Crippen molar-refractivity contribution in [1.29, 1.82) is 0 Å². The van der Waals surface area contributed by atoms with E-state index in [2.05, 4.69) is 25.7 Å². The van der Waals surface area contributed by atoms with E-state index in [0.717, 1.165) is 38.9 Å². The molecule has 1 fully saturated rings. The molecule has 0 saturated carbocycles. The van der Waals surface area contributed by atoms with Crippen LogP contribution in [0.2, 0.25) is 0 Å². The predicted octanol–water partition coefficient (Wildman–Crippen LogP) is 1.90. The van der Waals surface area contributed by atoms with Gasteiger partial charge in [0.25, 0.3) is 0 Å². The van der Waals surface area contributed by atoms with Gasteiger partial charge in [-0.25, -0.2) is 0 Å². The van der Waals surface area contributed by atoms with Gasteiger partial charge in [-0.05, 0) is 26.2 Å². The van der Waals surface area contributed by atoms with Gasteiger partial charge in [0.15, 0.2) is 0 Å². The summed E-state index contributed by atoms with van der Waals surface area (Å²) in [6.45, 7) is 11.5. The van der Waals surface area contributed by atoms with Crippen LogP contribution < -0.4 is 5.73 Å². The maximum atomic E-state index is 12.9. The molecule has 0 aromatic carbocycles. The van der Waals surface area contributed by atoms with E-state index in [-0.39, 0.29) is 36.8 Å². The highest BCUT2D eigenvalue weighted by atomic mass is 35.5. The Bertz CT molecular complexity index is 331. The number of nitrogens with zero attached hydrogens (tertiary/aromatic N) is 2. The molecule has 23 heavy (non-hydrogen) atoms. The molecule has 5 nitrogen and oxygen atoms in total. The van der Waals surface area contributed by atoms with E-state index < -0.39 is 5.41 Å². The highest BCUT2D eigenvalue weighted by molar-refractivity contribution is 5.85. The Morgan fingerprint density at radius 1 is 1.26 bits per heavy atom. The van der Waals surface area contributed by atoms with E-state index in [1.54, 1.807) is 0 Å².